The van der Waals surface area contributed by atoms with Crippen LogP contribution < -0.4 is 0 Å². The van der Waals surface area contributed by atoms with Crippen molar-refractivity contribution >= 4 is 32.9 Å². The quantitative estimate of drug-likeness (QED) is 0.741. The van der Waals surface area contributed by atoms with Gasteiger partial charge in [0.2, 0.25) is 0 Å². The number of hydrogen-bond donors (Lipinski definition) is 0. The largest absolute Gasteiger partial charge is 0.229 e. The number of thioether (sulfide) groups is 1. The number of rotatable bonds is 6. The minimum atomic E-state index is -2.79. The number of hydrogen-bond acceptors (Lipinski definition) is 4. The standard InChI is InChI=1S/C10H16O2S3/c1-9(10-5-3-6-14-10)13-7-4-8-15(2,11)12/h3,5-6,9H,4,7-8H2,1-2H3/t9-/m0/s1. The zero-order valence-corrected chi connectivity index (χ0v) is 11.4. The lowest BCUT2D eigenvalue weighted by molar-refractivity contribution is 0.600. The van der Waals surface area contributed by atoms with Crippen molar-refractivity contribution in [1.82, 2.24) is 0 Å². The highest BCUT2D eigenvalue weighted by molar-refractivity contribution is 7.99. The molecule has 1 rings (SSSR count). The van der Waals surface area contributed by atoms with Crippen molar-refractivity contribution in [3.8, 4) is 0 Å². The minimum absolute atomic E-state index is 0.303. The van der Waals surface area contributed by atoms with E-state index in [1.807, 2.05) is 17.8 Å². The second kappa shape index (κ2) is 5.92. The molecule has 0 aromatic carbocycles. The van der Waals surface area contributed by atoms with Gasteiger partial charge in [-0.05, 0) is 30.5 Å². The van der Waals surface area contributed by atoms with Crippen molar-refractivity contribution in [3.05, 3.63) is 22.4 Å². The van der Waals surface area contributed by atoms with E-state index in [9.17, 15) is 8.42 Å². The van der Waals surface area contributed by atoms with Gasteiger partial charge in [-0.2, -0.15) is 11.8 Å². The normalized spacial score (nSPS) is 14.0. The Labute approximate surface area is 100 Å². The summed E-state index contributed by atoms with van der Waals surface area (Å²) in [6, 6.07) is 4.17. The van der Waals surface area contributed by atoms with E-state index in [0.29, 0.717) is 11.0 Å². The maximum atomic E-state index is 10.9. The van der Waals surface area contributed by atoms with E-state index in [2.05, 4.69) is 18.4 Å². The molecule has 0 unspecified atom stereocenters. The van der Waals surface area contributed by atoms with Gasteiger partial charge >= 0.3 is 0 Å². The molecule has 1 atom stereocenters. The first-order valence-electron chi connectivity index (χ1n) is 4.82. The summed E-state index contributed by atoms with van der Waals surface area (Å²) in [6.07, 6.45) is 2.04. The smallest absolute Gasteiger partial charge is 0.147 e. The highest BCUT2D eigenvalue weighted by Crippen LogP contribution is 2.31. The van der Waals surface area contributed by atoms with Crippen molar-refractivity contribution in [2.45, 2.75) is 18.6 Å². The molecule has 0 fully saturated rings. The maximum absolute atomic E-state index is 10.9. The van der Waals surface area contributed by atoms with Gasteiger partial charge in [-0.15, -0.1) is 11.3 Å². The highest BCUT2D eigenvalue weighted by Gasteiger charge is 2.07. The Morgan fingerprint density at radius 3 is 2.80 bits per heavy atom. The van der Waals surface area contributed by atoms with Gasteiger partial charge in [0.05, 0.1) is 5.75 Å². The van der Waals surface area contributed by atoms with Gasteiger partial charge in [0.15, 0.2) is 0 Å². The second-order valence-corrected chi connectivity index (χ2v) is 8.20. The fraction of sp³-hybridized carbons (Fsp3) is 0.600. The Kier molecular flexibility index (Phi) is 5.15. The molecule has 1 aromatic heterocycles. The van der Waals surface area contributed by atoms with Crippen LogP contribution in [0.2, 0.25) is 0 Å². The molecule has 86 valence electrons. The Morgan fingerprint density at radius 2 is 2.27 bits per heavy atom. The zero-order chi connectivity index (χ0) is 11.3. The van der Waals surface area contributed by atoms with Crippen LogP contribution in [-0.2, 0) is 9.84 Å². The molecule has 0 saturated heterocycles. The summed E-state index contributed by atoms with van der Waals surface area (Å²) in [7, 11) is -2.79. The lowest BCUT2D eigenvalue weighted by Gasteiger charge is -2.08. The molecular formula is C10H16O2S3. The van der Waals surface area contributed by atoms with Crippen LogP contribution in [0, 0.1) is 0 Å². The molecule has 1 heterocycles. The van der Waals surface area contributed by atoms with Crippen molar-refractivity contribution in [3.63, 3.8) is 0 Å². The summed E-state index contributed by atoms with van der Waals surface area (Å²) < 4.78 is 21.8. The molecule has 0 aliphatic carbocycles. The molecule has 15 heavy (non-hydrogen) atoms. The van der Waals surface area contributed by atoms with Crippen LogP contribution in [0.3, 0.4) is 0 Å². The third kappa shape index (κ3) is 5.58. The van der Waals surface area contributed by atoms with E-state index < -0.39 is 9.84 Å². The van der Waals surface area contributed by atoms with Gasteiger partial charge < -0.3 is 0 Å². The molecule has 2 nitrogen and oxygen atoms in total. The van der Waals surface area contributed by atoms with E-state index in [0.717, 1.165) is 12.2 Å². The SMILES string of the molecule is C[C@H](SCCCS(C)(=O)=O)c1cccs1. The molecule has 5 heteroatoms. The summed E-state index contributed by atoms with van der Waals surface area (Å²) >= 11 is 3.58. The fourth-order valence-electron chi connectivity index (χ4n) is 1.19. The third-order valence-electron chi connectivity index (χ3n) is 1.97. The summed E-state index contributed by atoms with van der Waals surface area (Å²) in [6.45, 7) is 2.16. The molecular weight excluding hydrogens is 248 g/mol. The Balaban J connectivity index is 2.21. The lowest BCUT2D eigenvalue weighted by atomic mass is 10.4. The molecule has 0 N–H and O–H groups in total. The summed E-state index contributed by atoms with van der Waals surface area (Å²) in [4.78, 5) is 1.36. The molecule has 0 spiro atoms. The van der Waals surface area contributed by atoms with E-state index >= 15 is 0 Å². The van der Waals surface area contributed by atoms with E-state index in [1.54, 1.807) is 11.3 Å². The topological polar surface area (TPSA) is 34.1 Å². The molecule has 0 aliphatic heterocycles. The Hall–Kier alpha value is -0.0000000000000000833. The Morgan fingerprint density at radius 1 is 1.53 bits per heavy atom. The number of thiophene rings is 1. The van der Waals surface area contributed by atoms with E-state index in [1.165, 1.54) is 11.1 Å². The molecule has 0 amide bonds. The average Bonchev–Trinajstić information content (AvgIpc) is 2.63. The van der Waals surface area contributed by atoms with Gasteiger partial charge in [0.25, 0.3) is 0 Å². The van der Waals surface area contributed by atoms with Crippen LogP contribution in [0.5, 0.6) is 0 Å². The van der Waals surface area contributed by atoms with Crippen molar-refractivity contribution in [2.24, 2.45) is 0 Å². The summed E-state index contributed by atoms with van der Waals surface area (Å²) in [5.41, 5.74) is 0. The summed E-state index contributed by atoms with van der Waals surface area (Å²) in [5.74, 6) is 1.21. The van der Waals surface area contributed by atoms with E-state index in [-0.39, 0.29) is 0 Å². The van der Waals surface area contributed by atoms with Gasteiger partial charge in [-0.3, -0.25) is 0 Å². The van der Waals surface area contributed by atoms with Gasteiger partial charge in [0, 0.05) is 16.4 Å². The molecule has 0 radical (unpaired) electrons. The van der Waals surface area contributed by atoms with Crippen LogP contribution in [0.25, 0.3) is 0 Å². The van der Waals surface area contributed by atoms with Gasteiger partial charge in [-0.1, -0.05) is 6.07 Å². The lowest BCUT2D eigenvalue weighted by Crippen LogP contribution is -2.03. The van der Waals surface area contributed by atoms with Crippen molar-refractivity contribution in [1.29, 1.82) is 0 Å². The van der Waals surface area contributed by atoms with Crippen LogP contribution in [0.1, 0.15) is 23.5 Å². The van der Waals surface area contributed by atoms with Crippen LogP contribution in [0.15, 0.2) is 17.5 Å². The molecule has 0 saturated carbocycles. The zero-order valence-electron chi connectivity index (χ0n) is 8.97. The first kappa shape index (κ1) is 13.1. The molecule has 0 aliphatic rings. The molecule has 1 aromatic rings. The maximum Gasteiger partial charge on any atom is 0.147 e. The van der Waals surface area contributed by atoms with E-state index in [4.69, 9.17) is 0 Å². The summed E-state index contributed by atoms with van der Waals surface area (Å²) in [5, 5.41) is 2.55. The van der Waals surface area contributed by atoms with Crippen molar-refractivity contribution < 1.29 is 8.42 Å². The van der Waals surface area contributed by atoms with Gasteiger partial charge in [0.1, 0.15) is 9.84 Å². The van der Waals surface area contributed by atoms with Crippen LogP contribution in [-0.4, -0.2) is 26.2 Å². The third-order valence-corrected chi connectivity index (χ3v) is 5.48. The van der Waals surface area contributed by atoms with Gasteiger partial charge in [-0.25, -0.2) is 8.42 Å². The molecule has 0 bridgehead atoms. The second-order valence-electron chi connectivity index (χ2n) is 3.51. The monoisotopic (exact) mass is 264 g/mol. The Bertz CT molecular complexity index is 367. The first-order chi connectivity index (χ1) is 6.99. The highest BCUT2D eigenvalue weighted by atomic mass is 32.2. The van der Waals surface area contributed by atoms with Crippen LogP contribution in [0.4, 0.5) is 0 Å². The average molecular weight is 264 g/mol. The first-order valence-corrected chi connectivity index (χ1v) is 8.80. The minimum Gasteiger partial charge on any atom is -0.229 e. The predicted octanol–water partition coefficient (Wildman–Crippen LogP) is 2.98. The predicted molar refractivity (Wildman–Crippen MR) is 69.5 cm³/mol. The van der Waals surface area contributed by atoms with Crippen molar-refractivity contribution in [2.75, 3.05) is 17.8 Å². The number of sulfone groups is 1. The fourth-order valence-corrected chi connectivity index (χ4v) is 3.98. The van der Waals surface area contributed by atoms with Crippen LogP contribution >= 0.6 is 23.1 Å².